The van der Waals surface area contributed by atoms with Crippen molar-refractivity contribution in [3.63, 3.8) is 0 Å². The summed E-state index contributed by atoms with van der Waals surface area (Å²) in [5.74, 6) is 0.875. The average molecular weight is 265 g/mol. The van der Waals surface area contributed by atoms with Gasteiger partial charge in [-0.05, 0) is 36.4 Å². The van der Waals surface area contributed by atoms with Crippen molar-refractivity contribution >= 4 is 18.1 Å². The van der Waals surface area contributed by atoms with Crippen LogP contribution >= 0.6 is 12.4 Å². The molecule has 1 heterocycles. The van der Waals surface area contributed by atoms with Crippen molar-refractivity contribution in [3.05, 3.63) is 54.4 Å². The van der Waals surface area contributed by atoms with Crippen LogP contribution < -0.4 is 10.1 Å². The smallest absolute Gasteiger partial charge is 0.119 e. The van der Waals surface area contributed by atoms with E-state index in [1.54, 1.807) is 7.11 Å². The molecule has 2 aromatic rings. The maximum absolute atomic E-state index is 5.11. The van der Waals surface area contributed by atoms with Crippen molar-refractivity contribution < 1.29 is 4.74 Å². The minimum absolute atomic E-state index is 0. The molecule has 0 spiro atoms. The van der Waals surface area contributed by atoms with E-state index in [4.69, 9.17) is 4.74 Å². The first-order chi connectivity index (χ1) is 8.38. The summed E-state index contributed by atoms with van der Waals surface area (Å²) in [5, 5.41) is 3.35. The van der Waals surface area contributed by atoms with Gasteiger partial charge in [0.1, 0.15) is 5.75 Å². The summed E-state index contributed by atoms with van der Waals surface area (Å²) in [6.45, 7) is 0.878. The van der Waals surface area contributed by atoms with Crippen molar-refractivity contribution in [1.29, 1.82) is 0 Å². The number of nitrogens with zero attached hydrogens (tertiary/aromatic N) is 1. The Labute approximate surface area is 114 Å². The van der Waals surface area contributed by atoms with Crippen molar-refractivity contribution in [2.24, 2.45) is 0 Å². The molecule has 96 valence electrons. The SMILES string of the molecule is COc1ccc(NCCc2ccccn2)cc1.Cl. The van der Waals surface area contributed by atoms with E-state index in [2.05, 4.69) is 10.3 Å². The van der Waals surface area contributed by atoms with Gasteiger partial charge in [-0.1, -0.05) is 6.07 Å². The Bertz CT molecular complexity index is 445. The van der Waals surface area contributed by atoms with Gasteiger partial charge < -0.3 is 10.1 Å². The highest BCUT2D eigenvalue weighted by Gasteiger charge is 1.95. The summed E-state index contributed by atoms with van der Waals surface area (Å²) in [7, 11) is 1.67. The van der Waals surface area contributed by atoms with Crippen LogP contribution in [-0.2, 0) is 6.42 Å². The van der Waals surface area contributed by atoms with E-state index in [0.717, 1.165) is 30.1 Å². The standard InChI is InChI=1S/C14H16N2O.ClH/c1-17-14-7-5-13(6-8-14)16-11-9-12-4-2-3-10-15-12;/h2-8,10,16H,9,11H2,1H3;1H. The summed E-state index contributed by atoms with van der Waals surface area (Å²) in [6, 6.07) is 13.9. The van der Waals surface area contributed by atoms with Crippen LogP contribution in [0, 0.1) is 0 Å². The summed E-state index contributed by atoms with van der Waals surface area (Å²) in [5.41, 5.74) is 2.20. The highest BCUT2D eigenvalue weighted by atomic mass is 35.5. The fraction of sp³-hybridized carbons (Fsp3) is 0.214. The normalized spacial score (nSPS) is 9.39. The highest BCUT2D eigenvalue weighted by molar-refractivity contribution is 5.85. The Kier molecular flexibility index (Phi) is 6.01. The zero-order valence-corrected chi connectivity index (χ0v) is 11.1. The van der Waals surface area contributed by atoms with E-state index in [1.165, 1.54) is 0 Å². The van der Waals surface area contributed by atoms with Gasteiger partial charge in [-0.25, -0.2) is 0 Å². The van der Waals surface area contributed by atoms with Crippen LogP contribution in [0.15, 0.2) is 48.7 Å². The largest absolute Gasteiger partial charge is 0.497 e. The number of halogens is 1. The zero-order valence-electron chi connectivity index (χ0n) is 10.3. The number of hydrogen-bond donors (Lipinski definition) is 1. The molecule has 0 atom stereocenters. The Balaban J connectivity index is 0.00000162. The van der Waals surface area contributed by atoms with Gasteiger partial charge in [0, 0.05) is 30.5 Å². The zero-order chi connectivity index (χ0) is 11.9. The first kappa shape index (κ1) is 14.3. The second-order valence-corrected chi connectivity index (χ2v) is 3.73. The average Bonchev–Trinajstić information content (AvgIpc) is 2.41. The second-order valence-electron chi connectivity index (χ2n) is 3.73. The van der Waals surface area contributed by atoms with Crippen LogP contribution in [-0.4, -0.2) is 18.6 Å². The number of ether oxygens (including phenoxy) is 1. The third kappa shape index (κ3) is 4.26. The van der Waals surface area contributed by atoms with E-state index in [-0.39, 0.29) is 12.4 Å². The molecule has 0 aliphatic carbocycles. The summed E-state index contributed by atoms with van der Waals surface area (Å²) in [4.78, 5) is 4.28. The molecule has 0 bridgehead atoms. The maximum atomic E-state index is 5.11. The monoisotopic (exact) mass is 264 g/mol. The molecule has 1 aromatic carbocycles. The Hall–Kier alpha value is -1.74. The Morgan fingerprint density at radius 2 is 1.89 bits per heavy atom. The minimum atomic E-state index is 0. The molecule has 18 heavy (non-hydrogen) atoms. The van der Waals surface area contributed by atoms with Gasteiger partial charge in [0.15, 0.2) is 0 Å². The number of pyridine rings is 1. The van der Waals surface area contributed by atoms with E-state index in [9.17, 15) is 0 Å². The first-order valence-electron chi connectivity index (χ1n) is 5.66. The van der Waals surface area contributed by atoms with Crippen molar-refractivity contribution in [2.45, 2.75) is 6.42 Å². The van der Waals surface area contributed by atoms with Crippen LogP contribution in [0.5, 0.6) is 5.75 Å². The van der Waals surface area contributed by atoms with Gasteiger partial charge in [-0.3, -0.25) is 4.98 Å². The summed E-state index contributed by atoms with van der Waals surface area (Å²) in [6.07, 6.45) is 2.75. The van der Waals surface area contributed by atoms with Crippen molar-refractivity contribution in [2.75, 3.05) is 19.0 Å². The van der Waals surface area contributed by atoms with Crippen molar-refractivity contribution in [3.8, 4) is 5.75 Å². The number of aromatic nitrogens is 1. The maximum Gasteiger partial charge on any atom is 0.119 e. The lowest BCUT2D eigenvalue weighted by Crippen LogP contribution is -2.05. The Morgan fingerprint density at radius 3 is 2.50 bits per heavy atom. The fourth-order valence-corrected chi connectivity index (χ4v) is 1.59. The third-order valence-corrected chi connectivity index (χ3v) is 2.53. The molecule has 0 aliphatic heterocycles. The van der Waals surface area contributed by atoms with Crippen LogP contribution in [0.25, 0.3) is 0 Å². The lowest BCUT2D eigenvalue weighted by molar-refractivity contribution is 0.415. The predicted octanol–water partition coefficient (Wildman–Crippen LogP) is 3.17. The minimum Gasteiger partial charge on any atom is -0.497 e. The predicted molar refractivity (Wildman–Crippen MR) is 76.7 cm³/mol. The Morgan fingerprint density at radius 1 is 1.11 bits per heavy atom. The molecule has 0 amide bonds. The molecule has 2 rings (SSSR count). The molecule has 0 saturated heterocycles. The molecule has 1 aromatic heterocycles. The number of rotatable bonds is 5. The van der Waals surface area contributed by atoms with Crippen LogP contribution in [0.1, 0.15) is 5.69 Å². The van der Waals surface area contributed by atoms with Gasteiger partial charge in [0.05, 0.1) is 7.11 Å². The van der Waals surface area contributed by atoms with Gasteiger partial charge in [-0.15, -0.1) is 12.4 Å². The molecule has 1 N–H and O–H groups in total. The topological polar surface area (TPSA) is 34.1 Å². The highest BCUT2D eigenvalue weighted by Crippen LogP contribution is 2.14. The number of hydrogen-bond acceptors (Lipinski definition) is 3. The summed E-state index contributed by atoms with van der Waals surface area (Å²) >= 11 is 0. The second kappa shape index (κ2) is 7.56. The van der Waals surface area contributed by atoms with Crippen molar-refractivity contribution in [1.82, 2.24) is 4.98 Å². The van der Waals surface area contributed by atoms with Crippen LogP contribution in [0.4, 0.5) is 5.69 Å². The quantitative estimate of drug-likeness (QED) is 0.901. The lowest BCUT2D eigenvalue weighted by atomic mass is 10.2. The first-order valence-corrected chi connectivity index (χ1v) is 5.66. The van der Waals surface area contributed by atoms with Gasteiger partial charge in [0.2, 0.25) is 0 Å². The number of methoxy groups -OCH3 is 1. The molecule has 0 unspecified atom stereocenters. The molecule has 0 fully saturated rings. The molecular weight excluding hydrogens is 248 g/mol. The number of anilines is 1. The van der Waals surface area contributed by atoms with Crippen LogP contribution in [0.2, 0.25) is 0 Å². The van der Waals surface area contributed by atoms with Gasteiger partial charge in [0.25, 0.3) is 0 Å². The van der Waals surface area contributed by atoms with Gasteiger partial charge in [-0.2, -0.15) is 0 Å². The number of nitrogens with one attached hydrogen (secondary N) is 1. The molecule has 3 nitrogen and oxygen atoms in total. The molecule has 0 aliphatic rings. The van der Waals surface area contributed by atoms with Gasteiger partial charge >= 0.3 is 0 Å². The third-order valence-electron chi connectivity index (χ3n) is 2.53. The molecule has 0 radical (unpaired) electrons. The van der Waals surface area contributed by atoms with E-state index in [1.807, 2.05) is 48.7 Å². The molecule has 0 saturated carbocycles. The number of benzene rings is 1. The van der Waals surface area contributed by atoms with E-state index >= 15 is 0 Å². The van der Waals surface area contributed by atoms with Crippen LogP contribution in [0.3, 0.4) is 0 Å². The molecule has 4 heteroatoms. The molecular formula is C14H17ClN2O. The van der Waals surface area contributed by atoms with E-state index < -0.39 is 0 Å². The summed E-state index contributed by atoms with van der Waals surface area (Å²) < 4.78 is 5.11. The fourth-order valence-electron chi connectivity index (χ4n) is 1.59. The van der Waals surface area contributed by atoms with E-state index in [0.29, 0.717) is 0 Å². The lowest BCUT2D eigenvalue weighted by Gasteiger charge is -2.06.